The number of benzene rings is 4. The first kappa shape index (κ1) is 34.8. The largest absolute Gasteiger partial charge is 0.459 e. The lowest BCUT2D eigenvalue weighted by Crippen LogP contribution is -2.42. The fraction of sp³-hybridized carbons (Fsp3) is 0.158. The highest BCUT2D eigenvalue weighted by atomic mass is 19.4. The average molecular weight is 725 g/mol. The van der Waals surface area contributed by atoms with E-state index in [0.717, 1.165) is 16.7 Å². The van der Waals surface area contributed by atoms with Gasteiger partial charge in [0.2, 0.25) is 0 Å². The van der Waals surface area contributed by atoms with E-state index in [2.05, 4.69) is 15.0 Å². The highest BCUT2D eigenvalue weighted by Gasteiger charge is 2.52. The van der Waals surface area contributed by atoms with Crippen LogP contribution in [0.4, 0.5) is 13.2 Å². The minimum atomic E-state index is -4.54. The van der Waals surface area contributed by atoms with E-state index in [1.165, 1.54) is 42.6 Å². The third-order valence-electron chi connectivity index (χ3n) is 8.34. The molecule has 0 amide bonds. The predicted octanol–water partition coefficient (Wildman–Crippen LogP) is 6.01. The number of fused-ring (bicyclic) bond motifs is 1. The quantitative estimate of drug-likeness (QED) is 0.139. The van der Waals surface area contributed by atoms with Crippen molar-refractivity contribution in [3.63, 3.8) is 0 Å². The van der Waals surface area contributed by atoms with Crippen LogP contribution in [0.2, 0.25) is 0 Å². The lowest BCUT2D eigenvalue weighted by molar-refractivity contribution is -0.137. The molecule has 268 valence electrons. The molecular weight excluding hydrogens is 697 g/mol. The molecule has 1 saturated heterocycles. The van der Waals surface area contributed by atoms with Crippen molar-refractivity contribution in [2.75, 3.05) is 6.61 Å². The number of imidazole rings is 1. The number of aromatic amines is 1. The standard InChI is InChI=1S/C38H27F3N4O8/c39-38(40,41)26-18-16-22(17-19-26)31-42-27-20-45(37(49)44-32(27)43-31)33-30(53-36(48)25-14-8-3-9-15-25)29(52-35(47)24-12-6-2-7-13-24)28(51-33)21-50-34(46)23-10-4-1-5-11-23/h1-20,28-30,33H,21H2,(H,42,43,44,49)/t28-,29-,30-,33-/m1/s1. The Labute approximate surface area is 297 Å². The predicted molar refractivity (Wildman–Crippen MR) is 181 cm³/mol. The second kappa shape index (κ2) is 14.6. The number of esters is 3. The van der Waals surface area contributed by atoms with Crippen molar-refractivity contribution < 1.29 is 46.5 Å². The lowest BCUT2D eigenvalue weighted by atomic mass is 10.1. The Morgan fingerprint density at radius 2 is 1.25 bits per heavy atom. The molecule has 0 bridgehead atoms. The molecule has 0 radical (unpaired) electrons. The summed E-state index contributed by atoms with van der Waals surface area (Å²) in [7, 11) is 0. The molecule has 0 saturated carbocycles. The minimum Gasteiger partial charge on any atom is -0.459 e. The van der Waals surface area contributed by atoms with Crippen LogP contribution in [-0.4, -0.2) is 62.3 Å². The number of halogens is 3. The molecule has 4 atom stereocenters. The summed E-state index contributed by atoms with van der Waals surface area (Å²) in [5.41, 5.74) is -0.812. The van der Waals surface area contributed by atoms with Crippen LogP contribution in [0.15, 0.2) is 126 Å². The number of hydrogen-bond donors (Lipinski definition) is 1. The van der Waals surface area contributed by atoms with Crippen LogP contribution in [0.25, 0.3) is 22.6 Å². The fourth-order valence-corrected chi connectivity index (χ4v) is 5.71. The molecule has 1 fully saturated rings. The number of rotatable bonds is 9. The summed E-state index contributed by atoms with van der Waals surface area (Å²) in [6, 6.07) is 28.3. The van der Waals surface area contributed by atoms with Crippen molar-refractivity contribution in [1.82, 2.24) is 19.5 Å². The maximum absolute atomic E-state index is 13.6. The average Bonchev–Trinajstić information content (AvgIpc) is 3.74. The smallest absolute Gasteiger partial charge is 0.416 e. The summed E-state index contributed by atoms with van der Waals surface area (Å²) in [6.07, 6.45) is -8.92. The Bertz CT molecular complexity index is 2320. The van der Waals surface area contributed by atoms with Crippen molar-refractivity contribution >= 4 is 29.1 Å². The Morgan fingerprint density at radius 3 is 1.79 bits per heavy atom. The molecule has 0 spiro atoms. The molecule has 3 heterocycles. The molecule has 4 aromatic carbocycles. The molecule has 0 aliphatic carbocycles. The van der Waals surface area contributed by atoms with Crippen LogP contribution >= 0.6 is 0 Å². The molecule has 15 heteroatoms. The molecule has 12 nitrogen and oxygen atoms in total. The zero-order chi connectivity index (χ0) is 37.1. The van der Waals surface area contributed by atoms with Gasteiger partial charge >= 0.3 is 29.8 Å². The maximum Gasteiger partial charge on any atom is 0.416 e. The van der Waals surface area contributed by atoms with E-state index in [0.29, 0.717) is 0 Å². The SMILES string of the molecule is O=C(OC[C@H]1O[C@@H](n2cc3[nH]c(-c4ccc(C(F)(F)F)cc4)nc3nc2=O)[C@H](OC(=O)c2ccccc2)[C@@H]1OC(=O)c1ccccc1)c1ccccc1. The fourth-order valence-electron chi connectivity index (χ4n) is 5.71. The van der Waals surface area contributed by atoms with Gasteiger partial charge in [-0.3, -0.25) is 4.57 Å². The Morgan fingerprint density at radius 1 is 0.717 bits per heavy atom. The monoisotopic (exact) mass is 724 g/mol. The second-order valence-corrected chi connectivity index (χ2v) is 11.8. The van der Waals surface area contributed by atoms with Crippen LogP contribution in [0.3, 0.4) is 0 Å². The van der Waals surface area contributed by atoms with E-state index in [1.807, 2.05) is 0 Å². The van der Waals surface area contributed by atoms with Gasteiger partial charge in [0, 0.05) is 11.8 Å². The molecule has 2 aromatic heterocycles. The number of hydrogen-bond acceptors (Lipinski definition) is 10. The topological polar surface area (TPSA) is 152 Å². The van der Waals surface area contributed by atoms with Gasteiger partial charge in [0.1, 0.15) is 24.1 Å². The van der Waals surface area contributed by atoms with Crippen LogP contribution in [-0.2, 0) is 25.1 Å². The molecule has 6 aromatic rings. The van der Waals surface area contributed by atoms with Crippen molar-refractivity contribution in [1.29, 1.82) is 0 Å². The number of ether oxygens (including phenoxy) is 4. The number of aromatic nitrogens is 4. The van der Waals surface area contributed by atoms with Crippen molar-refractivity contribution in [2.45, 2.75) is 30.7 Å². The second-order valence-electron chi connectivity index (χ2n) is 11.8. The number of carbonyl (C=O) groups is 3. The molecule has 7 rings (SSSR count). The van der Waals surface area contributed by atoms with E-state index in [1.54, 1.807) is 66.7 Å². The molecule has 0 unspecified atom stereocenters. The van der Waals surface area contributed by atoms with E-state index in [9.17, 15) is 32.3 Å². The third-order valence-corrected chi connectivity index (χ3v) is 8.34. The van der Waals surface area contributed by atoms with Crippen molar-refractivity contribution in [2.24, 2.45) is 0 Å². The highest BCUT2D eigenvalue weighted by Crippen LogP contribution is 2.36. The van der Waals surface area contributed by atoms with Gasteiger partial charge in [-0.05, 0) is 48.5 Å². The van der Waals surface area contributed by atoms with Crippen LogP contribution in [0.5, 0.6) is 0 Å². The van der Waals surface area contributed by atoms with Gasteiger partial charge in [0.15, 0.2) is 24.1 Å². The van der Waals surface area contributed by atoms with Gasteiger partial charge in [-0.2, -0.15) is 18.2 Å². The Hall–Kier alpha value is -6.61. The number of carbonyl (C=O) groups excluding carboxylic acids is 3. The van der Waals surface area contributed by atoms with Gasteiger partial charge in [0.05, 0.1) is 22.3 Å². The first-order valence-electron chi connectivity index (χ1n) is 16.1. The van der Waals surface area contributed by atoms with Gasteiger partial charge < -0.3 is 23.9 Å². The van der Waals surface area contributed by atoms with Crippen molar-refractivity contribution in [3.05, 3.63) is 154 Å². The lowest BCUT2D eigenvalue weighted by Gasteiger charge is -2.25. The normalized spacial score (nSPS) is 18.4. The maximum atomic E-state index is 13.6. The summed E-state index contributed by atoms with van der Waals surface area (Å²) in [5, 5.41) is 0. The summed E-state index contributed by atoms with van der Waals surface area (Å²) in [6.45, 7) is -0.483. The first-order valence-corrected chi connectivity index (χ1v) is 16.1. The van der Waals surface area contributed by atoms with Gasteiger partial charge in [-0.1, -0.05) is 66.7 Å². The van der Waals surface area contributed by atoms with Gasteiger partial charge in [-0.25, -0.2) is 24.2 Å². The van der Waals surface area contributed by atoms with Crippen LogP contribution < -0.4 is 5.69 Å². The number of nitrogens with one attached hydrogen (secondary N) is 1. The molecular formula is C38H27F3N4O8. The zero-order valence-corrected chi connectivity index (χ0v) is 27.3. The van der Waals surface area contributed by atoms with Crippen LogP contribution in [0, 0.1) is 0 Å². The van der Waals surface area contributed by atoms with Crippen molar-refractivity contribution in [3.8, 4) is 11.4 Å². The number of alkyl halides is 3. The van der Waals surface area contributed by atoms with E-state index in [4.69, 9.17) is 18.9 Å². The van der Waals surface area contributed by atoms with Gasteiger partial charge in [-0.15, -0.1) is 0 Å². The zero-order valence-electron chi connectivity index (χ0n) is 27.3. The summed E-state index contributed by atoms with van der Waals surface area (Å²) in [5.74, 6) is -2.23. The Kier molecular flexibility index (Phi) is 9.56. The number of H-pyrrole nitrogens is 1. The van der Waals surface area contributed by atoms with E-state index in [-0.39, 0.29) is 39.2 Å². The number of nitrogens with zero attached hydrogens (tertiary/aromatic N) is 3. The minimum absolute atomic E-state index is 0.0580. The van der Waals surface area contributed by atoms with E-state index >= 15 is 0 Å². The third kappa shape index (κ3) is 7.55. The van der Waals surface area contributed by atoms with Crippen LogP contribution in [0.1, 0.15) is 42.9 Å². The Balaban J connectivity index is 1.26. The summed E-state index contributed by atoms with van der Waals surface area (Å²) < 4.78 is 64.1. The molecule has 1 N–H and O–H groups in total. The highest BCUT2D eigenvalue weighted by molar-refractivity contribution is 5.91. The first-order chi connectivity index (χ1) is 25.5. The summed E-state index contributed by atoms with van der Waals surface area (Å²) >= 11 is 0. The molecule has 53 heavy (non-hydrogen) atoms. The summed E-state index contributed by atoms with van der Waals surface area (Å²) in [4.78, 5) is 64.7. The molecule has 1 aliphatic rings. The van der Waals surface area contributed by atoms with Gasteiger partial charge in [0.25, 0.3) is 0 Å². The molecule has 1 aliphatic heterocycles. The van der Waals surface area contributed by atoms with E-state index < -0.39 is 66.5 Å².